The summed E-state index contributed by atoms with van der Waals surface area (Å²) in [5.41, 5.74) is 2.74. The molecule has 2 saturated heterocycles. The Labute approximate surface area is 165 Å². The summed E-state index contributed by atoms with van der Waals surface area (Å²) >= 11 is 0. The van der Waals surface area contributed by atoms with Crippen LogP contribution >= 0.6 is 0 Å². The van der Waals surface area contributed by atoms with E-state index in [1.54, 1.807) is 0 Å². The highest BCUT2D eigenvalue weighted by molar-refractivity contribution is 5.81. The number of amides is 1. The molecule has 150 valence electrons. The minimum absolute atomic E-state index is 0.149. The molecule has 4 heterocycles. The van der Waals surface area contributed by atoms with Gasteiger partial charge in [0.15, 0.2) is 5.76 Å². The molecular weight excluding hydrogens is 356 g/mol. The first-order valence-corrected chi connectivity index (χ1v) is 10.2. The Balaban J connectivity index is 1.47. The average molecular weight is 384 g/mol. The van der Waals surface area contributed by atoms with Crippen LogP contribution in [0.2, 0.25) is 0 Å². The minimum Gasteiger partial charge on any atom is -0.368 e. The molecule has 0 spiro atoms. The fraction of sp³-hybridized carbons (Fsp3) is 0.619. The number of carbonyl (C=O) groups excluding carboxylic acids is 1. The molecular formula is C21H28N4O3. The van der Waals surface area contributed by atoms with E-state index < -0.39 is 0 Å². The third kappa shape index (κ3) is 3.81. The van der Waals surface area contributed by atoms with Crippen LogP contribution in [0.5, 0.6) is 0 Å². The molecule has 2 aromatic rings. The maximum Gasteiger partial charge on any atom is 0.251 e. The molecule has 1 atom stereocenters. The predicted molar refractivity (Wildman–Crippen MR) is 104 cm³/mol. The maximum atomic E-state index is 12.5. The van der Waals surface area contributed by atoms with Crippen molar-refractivity contribution in [2.45, 2.75) is 64.4 Å². The first kappa shape index (κ1) is 19.1. The lowest BCUT2D eigenvalue weighted by atomic mass is 9.94. The summed E-state index contributed by atoms with van der Waals surface area (Å²) in [6, 6.07) is 1.92. The second-order valence-corrected chi connectivity index (χ2v) is 8.12. The monoisotopic (exact) mass is 384 g/mol. The molecule has 0 bridgehead atoms. The SMILES string of the molecule is Cc1cc(-c2cnc(C3CCN(C(=O)C4CCCO4)CC3)nc2C(C)C)on1. The fourth-order valence-corrected chi connectivity index (χ4v) is 4.06. The van der Waals surface area contributed by atoms with Gasteiger partial charge in [0, 0.05) is 37.9 Å². The van der Waals surface area contributed by atoms with E-state index in [-0.39, 0.29) is 23.8 Å². The first-order valence-electron chi connectivity index (χ1n) is 10.2. The number of rotatable bonds is 4. The average Bonchev–Trinajstić information content (AvgIpc) is 3.39. The van der Waals surface area contributed by atoms with Gasteiger partial charge < -0.3 is 14.2 Å². The first-order chi connectivity index (χ1) is 13.5. The Morgan fingerprint density at radius 1 is 1.25 bits per heavy atom. The number of aromatic nitrogens is 3. The zero-order chi connectivity index (χ0) is 19.7. The van der Waals surface area contributed by atoms with Crippen molar-refractivity contribution in [2.24, 2.45) is 0 Å². The van der Waals surface area contributed by atoms with Crippen LogP contribution in [0.1, 0.15) is 68.6 Å². The van der Waals surface area contributed by atoms with Crippen molar-refractivity contribution in [1.29, 1.82) is 0 Å². The van der Waals surface area contributed by atoms with Gasteiger partial charge in [0.1, 0.15) is 11.9 Å². The van der Waals surface area contributed by atoms with Gasteiger partial charge in [-0.05, 0) is 38.5 Å². The number of carbonyl (C=O) groups is 1. The largest absolute Gasteiger partial charge is 0.368 e. The second kappa shape index (κ2) is 7.99. The summed E-state index contributed by atoms with van der Waals surface area (Å²) in [6.45, 7) is 8.35. The molecule has 0 aromatic carbocycles. The van der Waals surface area contributed by atoms with Crippen molar-refractivity contribution in [1.82, 2.24) is 20.0 Å². The lowest BCUT2D eigenvalue weighted by Gasteiger charge is -2.33. The molecule has 7 nitrogen and oxygen atoms in total. The normalized spacial score (nSPS) is 20.9. The van der Waals surface area contributed by atoms with Crippen LogP contribution in [-0.2, 0) is 9.53 Å². The van der Waals surface area contributed by atoms with Crippen LogP contribution in [0.15, 0.2) is 16.8 Å². The van der Waals surface area contributed by atoms with Crippen LogP contribution in [-0.4, -0.2) is 51.7 Å². The molecule has 4 rings (SSSR count). The van der Waals surface area contributed by atoms with E-state index in [9.17, 15) is 4.79 Å². The number of hydrogen-bond donors (Lipinski definition) is 0. The minimum atomic E-state index is -0.231. The topological polar surface area (TPSA) is 81.4 Å². The quantitative estimate of drug-likeness (QED) is 0.803. The van der Waals surface area contributed by atoms with Gasteiger partial charge in [0.2, 0.25) is 0 Å². The van der Waals surface area contributed by atoms with Gasteiger partial charge in [0.05, 0.1) is 17.0 Å². The van der Waals surface area contributed by atoms with Crippen molar-refractivity contribution >= 4 is 5.91 Å². The number of likely N-dealkylation sites (tertiary alicyclic amines) is 1. The van der Waals surface area contributed by atoms with E-state index in [0.717, 1.165) is 61.5 Å². The van der Waals surface area contributed by atoms with Gasteiger partial charge in [0.25, 0.3) is 5.91 Å². The third-order valence-electron chi connectivity index (χ3n) is 5.65. The van der Waals surface area contributed by atoms with Gasteiger partial charge in [-0.15, -0.1) is 0 Å². The molecule has 28 heavy (non-hydrogen) atoms. The fourth-order valence-electron chi connectivity index (χ4n) is 4.06. The molecule has 2 fully saturated rings. The molecule has 0 aliphatic carbocycles. The van der Waals surface area contributed by atoms with Crippen molar-refractivity contribution < 1.29 is 14.1 Å². The van der Waals surface area contributed by atoms with Crippen LogP contribution in [0.3, 0.4) is 0 Å². The van der Waals surface area contributed by atoms with Crippen LogP contribution in [0, 0.1) is 6.92 Å². The summed E-state index contributed by atoms with van der Waals surface area (Å²) in [4.78, 5) is 24.0. The summed E-state index contributed by atoms with van der Waals surface area (Å²) in [7, 11) is 0. The molecule has 0 N–H and O–H groups in total. The Morgan fingerprint density at radius 3 is 2.64 bits per heavy atom. The number of hydrogen-bond acceptors (Lipinski definition) is 6. The zero-order valence-corrected chi connectivity index (χ0v) is 16.9. The molecule has 0 radical (unpaired) electrons. The van der Waals surface area contributed by atoms with E-state index in [1.165, 1.54) is 0 Å². The molecule has 2 aromatic heterocycles. The van der Waals surface area contributed by atoms with Gasteiger partial charge in [-0.25, -0.2) is 9.97 Å². The van der Waals surface area contributed by atoms with E-state index in [2.05, 4.69) is 24.0 Å². The predicted octanol–water partition coefficient (Wildman–Crippen LogP) is 3.45. The summed E-state index contributed by atoms with van der Waals surface area (Å²) < 4.78 is 11.0. The van der Waals surface area contributed by atoms with E-state index in [4.69, 9.17) is 14.2 Å². The molecule has 1 amide bonds. The van der Waals surface area contributed by atoms with Crippen LogP contribution < -0.4 is 0 Å². The smallest absolute Gasteiger partial charge is 0.251 e. The number of aryl methyl sites for hydroxylation is 1. The number of piperidine rings is 1. The van der Waals surface area contributed by atoms with Crippen molar-refractivity contribution in [3.05, 3.63) is 29.5 Å². The Hall–Kier alpha value is -2.28. The van der Waals surface area contributed by atoms with Crippen molar-refractivity contribution in [3.8, 4) is 11.3 Å². The lowest BCUT2D eigenvalue weighted by Crippen LogP contribution is -2.43. The van der Waals surface area contributed by atoms with Gasteiger partial charge in [-0.3, -0.25) is 4.79 Å². The highest BCUT2D eigenvalue weighted by Crippen LogP contribution is 2.32. The van der Waals surface area contributed by atoms with Crippen LogP contribution in [0.4, 0.5) is 0 Å². The molecule has 2 aliphatic rings. The van der Waals surface area contributed by atoms with Crippen molar-refractivity contribution in [2.75, 3.05) is 19.7 Å². The number of nitrogens with zero attached hydrogens (tertiary/aromatic N) is 4. The summed E-state index contributed by atoms with van der Waals surface area (Å²) in [5, 5.41) is 3.98. The zero-order valence-electron chi connectivity index (χ0n) is 16.9. The Kier molecular flexibility index (Phi) is 5.44. The molecule has 1 unspecified atom stereocenters. The molecule has 2 aliphatic heterocycles. The second-order valence-electron chi connectivity index (χ2n) is 8.12. The Morgan fingerprint density at radius 2 is 2.04 bits per heavy atom. The summed E-state index contributed by atoms with van der Waals surface area (Å²) in [5.74, 6) is 2.26. The highest BCUT2D eigenvalue weighted by Gasteiger charge is 2.32. The lowest BCUT2D eigenvalue weighted by molar-refractivity contribution is -0.142. The van der Waals surface area contributed by atoms with E-state index in [1.807, 2.05) is 24.1 Å². The van der Waals surface area contributed by atoms with Gasteiger partial charge in [-0.1, -0.05) is 19.0 Å². The Bertz CT molecular complexity index is 834. The maximum absolute atomic E-state index is 12.5. The third-order valence-corrected chi connectivity index (χ3v) is 5.65. The standard InChI is InChI=1S/C21H28N4O3/c1-13(2)19-16(18-11-14(3)24-28-18)12-22-20(23-19)15-6-8-25(9-7-15)21(26)17-5-4-10-27-17/h11-13,15,17H,4-10H2,1-3H3. The molecule has 0 saturated carbocycles. The van der Waals surface area contributed by atoms with Crippen LogP contribution in [0.25, 0.3) is 11.3 Å². The summed E-state index contributed by atoms with van der Waals surface area (Å²) in [6.07, 6.45) is 5.23. The highest BCUT2D eigenvalue weighted by atomic mass is 16.5. The van der Waals surface area contributed by atoms with E-state index >= 15 is 0 Å². The van der Waals surface area contributed by atoms with E-state index in [0.29, 0.717) is 12.4 Å². The van der Waals surface area contributed by atoms with Crippen molar-refractivity contribution in [3.63, 3.8) is 0 Å². The molecule has 7 heteroatoms. The van der Waals surface area contributed by atoms with Gasteiger partial charge in [-0.2, -0.15) is 0 Å². The number of ether oxygens (including phenoxy) is 1. The van der Waals surface area contributed by atoms with Gasteiger partial charge >= 0.3 is 0 Å².